The van der Waals surface area contributed by atoms with Crippen LogP contribution in [0.4, 0.5) is 4.79 Å². The van der Waals surface area contributed by atoms with Crippen molar-refractivity contribution in [1.82, 2.24) is 15.2 Å². The highest BCUT2D eigenvalue weighted by atomic mass is 16.6. The normalized spacial score (nSPS) is 15.6. The van der Waals surface area contributed by atoms with Gasteiger partial charge in [-0.15, -0.1) is 0 Å². The summed E-state index contributed by atoms with van der Waals surface area (Å²) in [5.74, 6) is -0.238. The third kappa shape index (κ3) is 3.84. The van der Waals surface area contributed by atoms with Gasteiger partial charge in [-0.3, -0.25) is 9.59 Å². The fraction of sp³-hybridized carbons (Fsp3) is 0.500. The molecule has 114 valence electrons. The molecule has 21 heavy (non-hydrogen) atoms. The number of piperidine rings is 1. The lowest BCUT2D eigenvalue weighted by atomic mass is 10.1. The van der Waals surface area contributed by atoms with Crippen LogP contribution in [-0.4, -0.2) is 53.9 Å². The molecule has 2 heterocycles. The fourth-order valence-corrected chi connectivity index (χ4v) is 2.29. The lowest BCUT2D eigenvalue weighted by molar-refractivity contribution is 0.0857. The third-order valence-corrected chi connectivity index (χ3v) is 3.44. The van der Waals surface area contributed by atoms with Gasteiger partial charge in [0.1, 0.15) is 5.69 Å². The zero-order chi connectivity index (χ0) is 15.2. The zero-order valence-corrected chi connectivity index (χ0v) is 11.9. The summed E-state index contributed by atoms with van der Waals surface area (Å²) < 4.78 is 4.94. The minimum atomic E-state index is -0.303. The number of likely N-dealkylation sites (tertiary alicyclic amines) is 1. The first kappa shape index (κ1) is 15.1. The summed E-state index contributed by atoms with van der Waals surface area (Å²) >= 11 is 0. The van der Waals surface area contributed by atoms with Gasteiger partial charge < -0.3 is 19.9 Å². The summed E-state index contributed by atoms with van der Waals surface area (Å²) in [6.07, 6.45) is 3.25. The van der Waals surface area contributed by atoms with Crippen molar-refractivity contribution >= 4 is 18.3 Å². The summed E-state index contributed by atoms with van der Waals surface area (Å²) in [7, 11) is 0. The summed E-state index contributed by atoms with van der Waals surface area (Å²) in [6.45, 7) is 3.26. The Hall–Kier alpha value is -2.31. The second-order valence-electron chi connectivity index (χ2n) is 4.90. The number of nitrogens with zero attached hydrogens (tertiary/aromatic N) is 1. The topological polar surface area (TPSA) is 91.5 Å². The fourth-order valence-electron chi connectivity index (χ4n) is 2.29. The molecule has 0 saturated carbocycles. The van der Waals surface area contributed by atoms with Crippen LogP contribution in [0.1, 0.15) is 40.6 Å². The van der Waals surface area contributed by atoms with Crippen molar-refractivity contribution in [3.05, 3.63) is 23.5 Å². The van der Waals surface area contributed by atoms with Crippen molar-refractivity contribution < 1.29 is 19.1 Å². The van der Waals surface area contributed by atoms with Gasteiger partial charge in [-0.1, -0.05) is 0 Å². The molecule has 0 spiro atoms. The summed E-state index contributed by atoms with van der Waals surface area (Å²) in [5, 5.41) is 2.90. The van der Waals surface area contributed by atoms with E-state index in [4.69, 9.17) is 4.74 Å². The van der Waals surface area contributed by atoms with E-state index in [1.807, 2.05) is 0 Å². The first-order valence-electron chi connectivity index (χ1n) is 7.00. The van der Waals surface area contributed by atoms with Crippen LogP contribution in [0.25, 0.3) is 0 Å². The van der Waals surface area contributed by atoms with Gasteiger partial charge in [-0.05, 0) is 25.8 Å². The predicted molar refractivity (Wildman–Crippen MR) is 75.3 cm³/mol. The average Bonchev–Trinajstić information content (AvgIpc) is 2.97. The van der Waals surface area contributed by atoms with Crippen molar-refractivity contribution in [2.45, 2.75) is 25.8 Å². The molecule has 7 nitrogen and oxygen atoms in total. The lowest BCUT2D eigenvalue weighted by Gasteiger charge is -2.31. The molecule has 1 aliphatic rings. The molecule has 1 aromatic heterocycles. The van der Waals surface area contributed by atoms with Crippen LogP contribution in [-0.2, 0) is 4.74 Å². The molecule has 2 amide bonds. The number of aromatic amines is 1. The van der Waals surface area contributed by atoms with Gasteiger partial charge in [0.15, 0.2) is 6.29 Å². The molecule has 1 aliphatic heterocycles. The van der Waals surface area contributed by atoms with Gasteiger partial charge in [-0.2, -0.15) is 0 Å². The molecule has 2 N–H and O–H groups in total. The summed E-state index contributed by atoms with van der Waals surface area (Å²) in [6, 6.07) is 1.53. The molecule has 2 rings (SSSR count). The molecule has 1 fully saturated rings. The Labute approximate surface area is 122 Å². The van der Waals surface area contributed by atoms with Crippen molar-refractivity contribution in [3.63, 3.8) is 0 Å². The molecule has 1 aromatic rings. The number of hydrogen-bond donors (Lipinski definition) is 2. The van der Waals surface area contributed by atoms with Gasteiger partial charge >= 0.3 is 6.09 Å². The Kier molecular flexibility index (Phi) is 4.97. The second-order valence-corrected chi connectivity index (χ2v) is 4.90. The quantitative estimate of drug-likeness (QED) is 0.815. The smallest absolute Gasteiger partial charge is 0.409 e. The van der Waals surface area contributed by atoms with E-state index < -0.39 is 0 Å². The standard InChI is InChI=1S/C14H19N3O4/c1-2-21-14(20)17-5-3-11(4-6-17)16-13(19)12-7-10(9-18)8-15-12/h7-9,11,15H,2-6H2,1H3,(H,16,19). The molecule has 0 unspecified atom stereocenters. The molecule has 0 aromatic carbocycles. The monoisotopic (exact) mass is 293 g/mol. The number of ether oxygens (including phenoxy) is 1. The Morgan fingerprint density at radius 2 is 2.19 bits per heavy atom. The van der Waals surface area contributed by atoms with Crippen LogP contribution in [0.5, 0.6) is 0 Å². The first-order chi connectivity index (χ1) is 10.1. The van der Waals surface area contributed by atoms with Crippen LogP contribution >= 0.6 is 0 Å². The maximum atomic E-state index is 12.0. The molecule has 1 saturated heterocycles. The minimum Gasteiger partial charge on any atom is -0.450 e. The average molecular weight is 293 g/mol. The Balaban J connectivity index is 1.81. The maximum absolute atomic E-state index is 12.0. The highest BCUT2D eigenvalue weighted by Crippen LogP contribution is 2.12. The zero-order valence-electron chi connectivity index (χ0n) is 11.9. The van der Waals surface area contributed by atoms with Crippen LogP contribution < -0.4 is 5.32 Å². The third-order valence-electron chi connectivity index (χ3n) is 3.44. The van der Waals surface area contributed by atoms with E-state index in [9.17, 15) is 14.4 Å². The number of H-pyrrole nitrogens is 1. The van der Waals surface area contributed by atoms with Gasteiger partial charge in [0.2, 0.25) is 0 Å². The maximum Gasteiger partial charge on any atom is 0.409 e. The Bertz CT molecular complexity index is 518. The molecule has 7 heteroatoms. The molecular formula is C14H19N3O4. The van der Waals surface area contributed by atoms with Crippen LogP contribution in [0.15, 0.2) is 12.3 Å². The van der Waals surface area contributed by atoms with Crippen molar-refractivity contribution in [2.75, 3.05) is 19.7 Å². The molecule has 0 bridgehead atoms. The number of carbonyl (C=O) groups excluding carboxylic acids is 3. The number of aromatic nitrogens is 1. The Morgan fingerprint density at radius 3 is 2.76 bits per heavy atom. The number of aldehydes is 1. The molecule has 0 atom stereocenters. The van der Waals surface area contributed by atoms with E-state index in [-0.39, 0.29) is 18.0 Å². The largest absolute Gasteiger partial charge is 0.450 e. The molecule has 0 aliphatic carbocycles. The van der Waals surface area contributed by atoms with Crippen molar-refractivity contribution in [3.8, 4) is 0 Å². The second kappa shape index (κ2) is 6.92. The molecular weight excluding hydrogens is 274 g/mol. The van der Waals surface area contributed by atoms with Gasteiger partial charge in [-0.25, -0.2) is 4.79 Å². The van der Waals surface area contributed by atoms with Crippen molar-refractivity contribution in [1.29, 1.82) is 0 Å². The Morgan fingerprint density at radius 1 is 1.48 bits per heavy atom. The van der Waals surface area contributed by atoms with Gasteiger partial charge in [0.05, 0.1) is 6.61 Å². The van der Waals surface area contributed by atoms with Crippen molar-refractivity contribution in [2.24, 2.45) is 0 Å². The van der Waals surface area contributed by atoms with Gasteiger partial charge in [0.25, 0.3) is 5.91 Å². The highest BCUT2D eigenvalue weighted by molar-refractivity contribution is 5.94. The van der Waals surface area contributed by atoms with Crippen LogP contribution in [0.2, 0.25) is 0 Å². The van der Waals surface area contributed by atoms with Gasteiger partial charge in [0, 0.05) is 30.9 Å². The first-order valence-corrected chi connectivity index (χ1v) is 7.00. The van der Waals surface area contributed by atoms with E-state index in [0.29, 0.717) is 50.1 Å². The van der Waals surface area contributed by atoms with E-state index in [2.05, 4.69) is 10.3 Å². The SMILES string of the molecule is CCOC(=O)N1CCC(NC(=O)c2cc(C=O)c[nH]2)CC1. The van der Waals surface area contributed by atoms with E-state index in [0.717, 1.165) is 0 Å². The van der Waals surface area contributed by atoms with E-state index in [1.165, 1.54) is 12.3 Å². The number of rotatable bonds is 4. The van der Waals surface area contributed by atoms with Crippen LogP contribution in [0, 0.1) is 0 Å². The number of carbonyl (C=O) groups is 3. The highest BCUT2D eigenvalue weighted by Gasteiger charge is 2.25. The number of amides is 2. The molecule has 0 radical (unpaired) electrons. The summed E-state index contributed by atoms with van der Waals surface area (Å²) in [5.41, 5.74) is 0.808. The lowest BCUT2D eigenvalue weighted by Crippen LogP contribution is -2.46. The number of hydrogen-bond acceptors (Lipinski definition) is 4. The van der Waals surface area contributed by atoms with Crippen LogP contribution in [0.3, 0.4) is 0 Å². The number of nitrogens with one attached hydrogen (secondary N) is 2. The van der Waals surface area contributed by atoms with E-state index in [1.54, 1.807) is 11.8 Å². The summed E-state index contributed by atoms with van der Waals surface area (Å²) in [4.78, 5) is 38.5. The minimum absolute atomic E-state index is 0.0196. The van der Waals surface area contributed by atoms with E-state index >= 15 is 0 Å². The predicted octanol–water partition coefficient (Wildman–Crippen LogP) is 1.18.